The van der Waals surface area contributed by atoms with Crippen LogP contribution in [0.25, 0.3) is 0 Å². The van der Waals surface area contributed by atoms with Crippen molar-refractivity contribution in [2.45, 2.75) is 23.3 Å². The summed E-state index contributed by atoms with van der Waals surface area (Å²) in [6, 6.07) is 12.6. The molecule has 0 aliphatic carbocycles. The Morgan fingerprint density at radius 2 is 2.04 bits per heavy atom. The van der Waals surface area contributed by atoms with Gasteiger partial charge in [0.2, 0.25) is 11.8 Å². The molecule has 1 aromatic heterocycles. The third kappa shape index (κ3) is 3.18. The second-order valence-electron chi connectivity index (χ2n) is 5.66. The van der Waals surface area contributed by atoms with E-state index in [2.05, 4.69) is 20.8 Å². The summed E-state index contributed by atoms with van der Waals surface area (Å²) in [5.74, 6) is 0.305. The van der Waals surface area contributed by atoms with Crippen LogP contribution in [0.1, 0.15) is 32.5 Å². The van der Waals surface area contributed by atoms with Crippen LogP contribution in [0.3, 0.4) is 0 Å². The van der Waals surface area contributed by atoms with E-state index in [4.69, 9.17) is 4.42 Å². The fourth-order valence-electron chi connectivity index (χ4n) is 2.58. The summed E-state index contributed by atoms with van der Waals surface area (Å²) in [6.07, 6.45) is 0. The molecule has 0 radical (unpaired) electrons. The van der Waals surface area contributed by atoms with Crippen molar-refractivity contribution >= 4 is 29.3 Å². The minimum Gasteiger partial charge on any atom is -0.424 e. The Bertz CT molecular complexity index is 1020. The summed E-state index contributed by atoms with van der Waals surface area (Å²) in [6.45, 7) is 1.83. The summed E-state index contributed by atoms with van der Waals surface area (Å²) in [4.78, 5) is 26.5. The molecule has 0 unspecified atom stereocenters. The first-order valence-electron chi connectivity index (χ1n) is 7.89. The molecule has 1 aliphatic heterocycles. The lowest BCUT2D eigenvalue weighted by atomic mass is 10.1. The molecule has 4 rings (SSSR count). The van der Waals surface area contributed by atoms with Gasteiger partial charge in [0.25, 0.3) is 11.8 Å². The van der Waals surface area contributed by atoms with Crippen molar-refractivity contribution in [3.05, 3.63) is 65.4 Å². The van der Waals surface area contributed by atoms with Gasteiger partial charge < -0.3 is 15.1 Å². The zero-order valence-corrected chi connectivity index (χ0v) is 14.6. The molecule has 130 valence electrons. The van der Waals surface area contributed by atoms with Gasteiger partial charge in [-0.1, -0.05) is 23.9 Å². The second kappa shape index (κ2) is 6.64. The number of benzene rings is 2. The van der Waals surface area contributed by atoms with E-state index in [9.17, 15) is 9.59 Å². The highest BCUT2D eigenvalue weighted by Crippen LogP contribution is 2.38. The average molecular weight is 366 g/mol. The van der Waals surface area contributed by atoms with Gasteiger partial charge in [-0.3, -0.25) is 9.59 Å². The SMILES string of the molecule is Cc1nnc(CNC(=O)c2ccc3c(c2)NC(=O)c2ccccc2S3)o1. The molecule has 3 aromatic rings. The number of nitrogens with zero attached hydrogens (tertiary/aromatic N) is 2. The van der Waals surface area contributed by atoms with Gasteiger partial charge in [-0.15, -0.1) is 10.2 Å². The summed E-state index contributed by atoms with van der Waals surface area (Å²) < 4.78 is 5.23. The third-order valence-corrected chi connectivity index (χ3v) is 4.96. The van der Waals surface area contributed by atoms with Gasteiger partial charge in [-0.25, -0.2) is 0 Å². The van der Waals surface area contributed by atoms with Crippen LogP contribution in [0.4, 0.5) is 5.69 Å². The van der Waals surface area contributed by atoms with Crippen LogP contribution in [-0.4, -0.2) is 22.0 Å². The molecule has 2 aromatic carbocycles. The largest absolute Gasteiger partial charge is 0.424 e. The van der Waals surface area contributed by atoms with Crippen LogP contribution in [0, 0.1) is 6.92 Å². The lowest BCUT2D eigenvalue weighted by Crippen LogP contribution is -2.23. The number of anilines is 1. The Morgan fingerprint density at radius 3 is 2.85 bits per heavy atom. The topological polar surface area (TPSA) is 97.1 Å². The van der Waals surface area contributed by atoms with Crippen molar-refractivity contribution in [2.75, 3.05) is 5.32 Å². The van der Waals surface area contributed by atoms with Crippen molar-refractivity contribution in [3.8, 4) is 0 Å². The van der Waals surface area contributed by atoms with Crippen molar-refractivity contribution in [2.24, 2.45) is 0 Å². The Kier molecular flexibility index (Phi) is 4.18. The number of fused-ring (bicyclic) bond motifs is 2. The highest BCUT2D eigenvalue weighted by atomic mass is 32.2. The first-order chi connectivity index (χ1) is 12.6. The number of carbonyl (C=O) groups is 2. The molecule has 0 bridgehead atoms. The van der Waals surface area contributed by atoms with E-state index < -0.39 is 0 Å². The van der Waals surface area contributed by atoms with Gasteiger partial charge >= 0.3 is 0 Å². The lowest BCUT2D eigenvalue weighted by Gasteiger charge is -2.09. The van der Waals surface area contributed by atoms with E-state index >= 15 is 0 Å². The molecule has 0 saturated heterocycles. The van der Waals surface area contributed by atoms with Gasteiger partial charge in [-0.05, 0) is 30.3 Å². The summed E-state index contributed by atoms with van der Waals surface area (Å²) >= 11 is 1.49. The number of aryl methyl sites for hydroxylation is 1. The lowest BCUT2D eigenvalue weighted by molar-refractivity contribution is 0.0945. The fourth-order valence-corrected chi connectivity index (χ4v) is 3.59. The first-order valence-corrected chi connectivity index (χ1v) is 8.71. The van der Waals surface area contributed by atoms with Gasteiger partial charge in [-0.2, -0.15) is 0 Å². The molecule has 2 heterocycles. The number of carbonyl (C=O) groups excluding carboxylic acids is 2. The number of amides is 2. The maximum absolute atomic E-state index is 12.4. The number of aromatic nitrogens is 2. The molecule has 0 fully saturated rings. The van der Waals surface area contributed by atoms with Crippen LogP contribution in [-0.2, 0) is 6.54 Å². The van der Waals surface area contributed by atoms with Crippen molar-refractivity contribution in [1.29, 1.82) is 0 Å². The Hall–Kier alpha value is -3.13. The second-order valence-corrected chi connectivity index (χ2v) is 6.74. The van der Waals surface area contributed by atoms with E-state index in [0.717, 1.165) is 9.79 Å². The molecule has 7 nitrogen and oxygen atoms in total. The predicted molar refractivity (Wildman–Crippen MR) is 95.2 cm³/mol. The van der Waals surface area contributed by atoms with E-state index in [1.54, 1.807) is 25.1 Å². The molecule has 0 saturated carbocycles. The van der Waals surface area contributed by atoms with Gasteiger partial charge in [0, 0.05) is 22.3 Å². The zero-order chi connectivity index (χ0) is 18.1. The smallest absolute Gasteiger partial charge is 0.256 e. The number of hydrogen-bond donors (Lipinski definition) is 2. The van der Waals surface area contributed by atoms with Crippen LogP contribution in [0.5, 0.6) is 0 Å². The normalized spacial score (nSPS) is 12.6. The highest BCUT2D eigenvalue weighted by molar-refractivity contribution is 7.99. The minimum atomic E-state index is -0.287. The minimum absolute atomic E-state index is 0.142. The summed E-state index contributed by atoms with van der Waals surface area (Å²) in [7, 11) is 0. The van der Waals surface area contributed by atoms with Gasteiger partial charge in [0.05, 0.1) is 17.8 Å². The van der Waals surface area contributed by atoms with E-state index in [1.807, 2.05) is 24.3 Å². The van der Waals surface area contributed by atoms with E-state index in [-0.39, 0.29) is 18.4 Å². The van der Waals surface area contributed by atoms with Crippen LogP contribution >= 0.6 is 11.8 Å². The first kappa shape index (κ1) is 16.3. The van der Waals surface area contributed by atoms with E-state index in [1.165, 1.54) is 11.8 Å². The molecule has 2 amide bonds. The molecule has 1 aliphatic rings. The summed E-state index contributed by atoms with van der Waals surface area (Å²) in [5, 5.41) is 13.1. The average Bonchev–Trinajstić information content (AvgIpc) is 3.00. The molecule has 2 N–H and O–H groups in total. The van der Waals surface area contributed by atoms with E-state index in [0.29, 0.717) is 28.6 Å². The third-order valence-electron chi connectivity index (χ3n) is 3.81. The van der Waals surface area contributed by atoms with Gasteiger partial charge in [0.1, 0.15) is 0 Å². The molecule has 0 spiro atoms. The zero-order valence-electron chi connectivity index (χ0n) is 13.8. The molecule has 0 atom stereocenters. The molecule has 8 heteroatoms. The molecular weight excluding hydrogens is 352 g/mol. The Labute approximate surface area is 153 Å². The molecular formula is C18H14N4O3S. The standard InChI is InChI=1S/C18H14N4O3S/c1-10-21-22-16(25-10)9-19-17(23)11-6-7-15-13(8-11)20-18(24)12-4-2-3-5-14(12)26-15/h2-8H,9H2,1H3,(H,19,23)(H,20,24). The predicted octanol–water partition coefficient (Wildman–Crippen LogP) is 3.02. The maximum Gasteiger partial charge on any atom is 0.256 e. The summed E-state index contributed by atoms with van der Waals surface area (Å²) in [5.41, 5.74) is 1.66. The van der Waals surface area contributed by atoms with Crippen molar-refractivity contribution < 1.29 is 14.0 Å². The highest BCUT2D eigenvalue weighted by Gasteiger charge is 2.20. The quantitative estimate of drug-likeness (QED) is 0.739. The van der Waals surface area contributed by atoms with Crippen molar-refractivity contribution in [1.82, 2.24) is 15.5 Å². The Morgan fingerprint density at radius 1 is 1.19 bits per heavy atom. The molecule has 26 heavy (non-hydrogen) atoms. The monoisotopic (exact) mass is 366 g/mol. The fraction of sp³-hybridized carbons (Fsp3) is 0.111. The number of nitrogens with one attached hydrogen (secondary N) is 2. The Balaban J connectivity index is 1.55. The van der Waals surface area contributed by atoms with Gasteiger partial charge in [0.15, 0.2) is 0 Å². The number of hydrogen-bond acceptors (Lipinski definition) is 6. The van der Waals surface area contributed by atoms with Crippen LogP contribution in [0.2, 0.25) is 0 Å². The number of rotatable bonds is 3. The van der Waals surface area contributed by atoms with Crippen LogP contribution in [0.15, 0.2) is 56.7 Å². The van der Waals surface area contributed by atoms with Crippen LogP contribution < -0.4 is 10.6 Å². The maximum atomic E-state index is 12.4. The van der Waals surface area contributed by atoms with Crippen molar-refractivity contribution in [3.63, 3.8) is 0 Å².